The SMILES string of the molecule is C=CC(=O)NCc1cc(CC(C)(C)C)ccc1O. The number of benzene rings is 1. The lowest BCUT2D eigenvalue weighted by Crippen LogP contribution is -2.20. The molecular weight excluding hydrogens is 226 g/mol. The number of nitrogens with one attached hydrogen (secondary N) is 1. The van der Waals surface area contributed by atoms with Crippen LogP contribution in [0.1, 0.15) is 31.9 Å². The zero-order chi connectivity index (χ0) is 13.8. The number of phenols is 1. The Bertz CT molecular complexity index is 444. The average Bonchev–Trinajstić information content (AvgIpc) is 2.27. The Morgan fingerprint density at radius 2 is 2.11 bits per heavy atom. The van der Waals surface area contributed by atoms with Crippen LogP contribution in [0.2, 0.25) is 0 Å². The maximum atomic E-state index is 11.1. The van der Waals surface area contributed by atoms with Crippen molar-refractivity contribution in [2.75, 3.05) is 0 Å². The van der Waals surface area contributed by atoms with Crippen LogP contribution >= 0.6 is 0 Å². The lowest BCUT2D eigenvalue weighted by atomic mass is 9.87. The largest absolute Gasteiger partial charge is 0.508 e. The molecule has 0 radical (unpaired) electrons. The van der Waals surface area contributed by atoms with Gasteiger partial charge in [0.05, 0.1) is 0 Å². The number of amides is 1. The third-order valence-corrected chi connectivity index (χ3v) is 2.52. The number of hydrogen-bond acceptors (Lipinski definition) is 2. The molecule has 1 aromatic rings. The highest BCUT2D eigenvalue weighted by Crippen LogP contribution is 2.24. The zero-order valence-corrected chi connectivity index (χ0v) is 11.3. The van der Waals surface area contributed by atoms with Crippen molar-refractivity contribution in [1.29, 1.82) is 0 Å². The number of aromatic hydroxyl groups is 1. The highest BCUT2D eigenvalue weighted by atomic mass is 16.3. The van der Waals surface area contributed by atoms with Gasteiger partial charge in [-0.3, -0.25) is 4.79 Å². The minimum atomic E-state index is -0.240. The molecule has 0 saturated carbocycles. The van der Waals surface area contributed by atoms with Gasteiger partial charge in [-0.2, -0.15) is 0 Å². The van der Waals surface area contributed by atoms with Gasteiger partial charge in [0.1, 0.15) is 5.75 Å². The third kappa shape index (κ3) is 4.62. The van der Waals surface area contributed by atoms with Crippen molar-refractivity contribution in [2.45, 2.75) is 33.7 Å². The van der Waals surface area contributed by atoms with E-state index in [0.717, 1.165) is 17.5 Å². The fourth-order valence-electron chi connectivity index (χ4n) is 1.76. The Balaban J connectivity index is 2.81. The van der Waals surface area contributed by atoms with E-state index < -0.39 is 0 Å². The predicted octanol–water partition coefficient (Wildman–Crippen LogP) is 2.78. The van der Waals surface area contributed by atoms with Gasteiger partial charge in [0, 0.05) is 12.1 Å². The average molecular weight is 247 g/mol. The van der Waals surface area contributed by atoms with E-state index in [2.05, 4.69) is 32.7 Å². The number of carbonyl (C=O) groups excluding carboxylic acids is 1. The molecule has 0 heterocycles. The van der Waals surface area contributed by atoms with E-state index >= 15 is 0 Å². The van der Waals surface area contributed by atoms with Gasteiger partial charge >= 0.3 is 0 Å². The zero-order valence-electron chi connectivity index (χ0n) is 11.3. The Morgan fingerprint density at radius 3 is 2.67 bits per heavy atom. The van der Waals surface area contributed by atoms with E-state index in [9.17, 15) is 9.90 Å². The molecule has 0 bridgehead atoms. The van der Waals surface area contributed by atoms with Crippen molar-refractivity contribution in [3.05, 3.63) is 42.0 Å². The molecule has 0 aliphatic carbocycles. The van der Waals surface area contributed by atoms with E-state index in [1.807, 2.05) is 12.1 Å². The molecule has 18 heavy (non-hydrogen) atoms. The van der Waals surface area contributed by atoms with Gasteiger partial charge in [-0.25, -0.2) is 0 Å². The molecule has 3 nitrogen and oxygen atoms in total. The second-order valence-corrected chi connectivity index (χ2v) is 5.62. The van der Waals surface area contributed by atoms with Gasteiger partial charge in [-0.15, -0.1) is 0 Å². The number of hydrogen-bond donors (Lipinski definition) is 2. The van der Waals surface area contributed by atoms with Gasteiger partial charge in [-0.1, -0.05) is 39.5 Å². The third-order valence-electron chi connectivity index (χ3n) is 2.52. The van der Waals surface area contributed by atoms with Gasteiger partial charge in [-0.05, 0) is 29.5 Å². The summed E-state index contributed by atoms with van der Waals surface area (Å²) in [6.45, 7) is 10.2. The van der Waals surface area contributed by atoms with Crippen molar-refractivity contribution >= 4 is 5.91 Å². The van der Waals surface area contributed by atoms with Crippen molar-refractivity contribution in [1.82, 2.24) is 5.32 Å². The van der Waals surface area contributed by atoms with Gasteiger partial charge in [0.15, 0.2) is 0 Å². The topological polar surface area (TPSA) is 49.3 Å². The summed E-state index contributed by atoms with van der Waals surface area (Å²) in [5.41, 5.74) is 2.08. The summed E-state index contributed by atoms with van der Waals surface area (Å²) in [5, 5.41) is 12.4. The van der Waals surface area contributed by atoms with E-state index in [0.29, 0.717) is 6.54 Å². The van der Waals surface area contributed by atoms with Gasteiger partial charge < -0.3 is 10.4 Å². The molecule has 3 heteroatoms. The number of phenolic OH excluding ortho intramolecular Hbond substituents is 1. The molecule has 0 aromatic heterocycles. The fourth-order valence-corrected chi connectivity index (χ4v) is 1.76. The summed E-state index contributed by atoms with van der Waals surface area (Å²) in [7, 11) is 0. The van der Waals surface area contributed by atoms with Crippen LogP contribution in [-0.4, -0.2) is 11.0 Å². The number of carbonyl (C=O) groups is 1. The lowest BCUT2D eigenvalue weighted by Gasteiger charge is -2.19. The first-order valence-electron chi connectivity index (χ1n) is 6.03. The van der Waals surface area contributed by atoms with E-state index in [1.165, 1.54) is 6.08 Å². The smallest absolute Gasteiger partial charge is 0.243 e. The quantitative estimate of drug-likeness (QED) is 0.804. The maximum Gasteiger partial charge on any atom is 0.243 e. The van der Waals surface area contributed by atoms with Crippen LogP contribution in [0.5, 0.6) is 5.75 Å². The molecule has 1 amide bonds. The summed E-state index contributed by atoms with van der Waals surface area (Å²) < 4.78 is 0. The van der Waals surface area contributed by atoms with Crippen LogP contribution in [0.4, 0.5) is 0 Å². The molecule has 0 aliphatic heterocycles. The van der Waals surface area contributed by atoms with Crippen molar-refractivity contribution < 1.29 is 9.90 Å². The number of rotatable bonds is 4. The Labute approximate surface area is 109 Å². The van der Waals surface area contributed by atoms with Crippen LogP contribution in [0.3, 0.4) is 0 Å². The minimum absolute atomic E-state index is 0.193. The predicted molar refractivity (Wildman–Crippen MR) is 73.3 cm³/mol. The molecule has 1 aromatic carbocycles. The van der Waals surface area contributed by atoms with Crippen molar-refractivity contribution in [3.8, 4) is 5.75 Å². The summed E-state index contributed by atoms with van der Waals surface area (Å²) >= 11 is 0. The van der Waals surface area contributed by atoms with Crippen LogP contribution < -0.4 is 5.32 Å². The molecule has 1 rings (SSSR count). The molecule has 0 aliphatic rings. The maximum absolute atomic E-state index is 11.1. The second kappa shape index (κ2) is 5.71. The Morgan fingerprint density at radius 1 is 1.44 bits per heavy atom. The highest BCUT2D eigenvalue weighted by molar-refractivity contribution is 5.86. The summed E-state index contributed by atoms with van der Waals surface area (Å²) in [6, 6.07) is 5.53. The lowest BCUT2D eigenvalue weighted by molar-refractivity contribution is -0.116. The van der Waals surface area contributed by atoms with Crippen molar-refractivity contribution in [2.24, 2.45) is 5.41 Å². The summed E-state index contributed by atoms with van der Waals surface area (Å²) in [5.74, 6) is -0.0346. The summed E-state index contributed by atoms with van der Waals surface area (Å²) in [6.07, 6.45) is 2.14. The first-order chi connectivity index (χ1) is 8.31. The van der Waals surface area contributed by atoms with Crippen LogP contribution in [0, 0.1) is 5.41 Å². The molecule has 0 fully saturated rings. The van der Waals surface area contributed by atoms with Crippen LogP contribution in [0.15, 0.2) is 30.9 Å². The highest BCUT2D eigenvalue weighted by Gasteiger charge is 2.12. The Hall–Kier alpha value is -1.77. The molecule has 0 spiro atoms. The first-order valence-corrected chi connectivity index (χ1v) is 6.03. The molecule has 2 N–H and O–H groups in total. The normalized spacial score (nSPS) is 11.1. The van der Waals surface area contributed by atoms with Crippen LogP contribution in [-0.2, 0) is 17.8 Å². The summed E-state index contributed by atoms with van der Waals surface area (Å²) in [4.78, 5) is 11.1. The molecule has 0 atom stereocenters. The fraction of sp³-hybridized carbons (Fsp3) is 0.400. The van der Waals surface area contributed by atoms with E-state index in [4.69, 9.17) is 0 Å². The van der Waals surface area contributed by atoms with Gasteiger partial charge in [0.2, 0.25) is 5.91 Å². The standard InChI is InChI=1S/C15H21NO2/c1-5-14(18)16-10-12-8-11(6-7-13(12)17)9-15(2,3)4/h5-8,17H,1,9-10H2,2-4H3,(H,16,18). The molecular formula is C15H21NO2. The van der Waals surface area contributed by atoms with Crippen LogP contribution in [0.25, 0.3) is 0 Å². The molecule has 0 unspecified atom stereocenters. The molecule has 98 valence electrons. The van der Waals surface area contributed by atoms with Crippen molar-refractivity contribution in [3.63, 3.8) is 0 Å². The molecule has 0 saturated heterocycles. The second-order valence-electron chi connectivity index (χ2n) is 5.62. The van der Waals surface area contributed by atoms with E-state index in [-0.39, 0.29) is 17.1 Å². The van der Waals surface area contributed by atoms with Gasteiger partial charge in [0.25, 0.3) is 0 Å². The monoisotopic (exact) mass is 247 g/mol. The Kier molecular flexibility index (Phi) is 4.54. The first kappa shape index (κ1) is 14.3. The minimum Gasteiger partial charge on any atom is -0.508 e. The van der Waals surface area contributed by atoms with E-state index in [1.54, 1.807) is 6.07 Å².